The van der Waals surface area contributed by atoms with Crippen LogP contribution in [0.1, 0.15) is 131 Å². The molecule has 0 bridgehead atoms. The molecule has 0 radical (unpaired) electrons. The van der Waals surface area contributed by atoms with Gasteiger partial charge in [-0.1, -0.05) is 151 Å². The van der Waals surface area contributed by atoms with Crippen molar-refractivity contribution in [1.29, 1.82) is 0 Å². The molecular weight excluding hydrogens is 840 g/mol. The zero-order chi connectivity index (χ0) is 48.1. The van der Waals surface area contributed by atoms with Gasteiger partial charge in [0.2, 0.25) is 0 Å². The van der Waals surface area contributed by atoms with Crippen molar-refractivity contribution < 1.29 is 8.83 Å². The number of hydrogen-bond acceptors (Lipinski definition) is 3. The van der Waals surface area contributed by atoms with Crippen LogP contribution < -0.4 is 16.0 Å². The van der Waals surface area contributed by atoms with Crippen LogP contribution in [0.5, 0.6) is 0 Å². The Morgan fingerprint density at radius 3 is 1.84 bits per heavy atom. The summed E-state index contributed by atoms with van der Waals surface area (Å²) in [4.78, 5) is 2.61. The number of anilines is 3. The molecule has 3 aliphatic rings. The highest BCUT2D eigenvalue weighted by Gasteiger charge is 2.49. The molecule has 69 heavy (non-hydrogen) atoms. The molecule has 0 spiro atoms. The molecule has 2 aliphatic heterocycles. The topological polar surface area (TPSA) is 34.5 Å². The molecule has 0 saturated carbocycles. The van der Waals surface area contributed by atoms with Gasteiger partial charge in [0.15, 0.2) is 0 Å². The molecule has 0 fully saturated rings. The van der Waals surface area contributed by atoms with Crippen LogP contribution in [0, 0.1) is 0 Å². The molecule has 5 heteroatoms. The lowest BCUT2D eigenvalue weighted by atomic mass is 9.47. The fourth-order valence-electron chi connectivity index (χ4n) is 12.5. The first-order chi connectivity index (χ1) is 32.6. The molecule has 3 aromatic heterocycles. The zero-order valence-corrected chi connectivity index (χ0v) is 42.7. The molecule has 1 aliphatic carbocycles. The Morgan fingerprint density at radius 2 is 1.13 bits per heavy atom. The molecule has 7 aromatic carbocycles. The molecule has 5 heterocycles. The van der Waals surface area contributed by atoms with Crippen LogP contribution in [0.4, 0.5) is 17.1 Å². The lowest BCUT2D eigenvalue weighted by Crippen LogP contribution is -2.56. The van der Waals surface area contributed by atoms with E-state index < -0.39 is 0 Å². The first kappa shape index (κ1) is 42.6. The van der Waals surface area contributed by atoms with Gasteiger partial charge in [0.1, 0.15) is 22.4 Å². The maximum absolute atomic E-state index is 7.74. The summed E-state index contributed by atoms with van der Waals surface area (Å²) in [5.41, 5.74) is 22.2. The minimum Gasteiger partial charge on any atom is -0.466 e. The van der Waals surface area contributed by atoms with E-state index in [4.69, 9.17) is 8.83 Å². The first-order valence-electron chi connectivity index (χ1n) is 25.3. The number of nitrogens with zero attached hydrogens (tertiary/aromatic N) is 2. The van der Waals surface area contributed by atoms with Crippen LogP contribution in [-0.4, -0.2) is 11.3 Å². The van der Waals surface area contributed by atoms with Crippen LogP contribution in [0.15, 0.2) is 130 Å². The monoisotopic (exact) mass is 902 g/mol. The zero-order valence-electron chi connectivity index (χ0n) is 42.7. The van der Waals surface area contributed by atoms with Crippen molar-refractivity contribution in [2.45, 2.75) is 130 Å². The van der Waals surface area contributed by atoms with Gasteiger partial charge in [-0.25, -0.2) is 0 Å². The minimum atomic E-state index is -0.285. The number of hydrogen-bond donors (Lipinski definition) is 0. The van der Waals surface area contributed by atoms with E-state index in [1.165, 1.54) is 71.8 Å². The summed E-state index contributed by atoms with van der Waals surface area (Å²) < 4.78 is 17.6. The fraction of sp³-hybridized carbons (Fsp3) is 0.312. The summed E-state index contributed by atoms with van der Waals surface area (Å²) in [5.74, 6) is 0. The van der Waals surface area contributed by atoms with Gasteiger partial charge in [-0.3, -0.25) is 0 Å². The smallest absolute Gasteiger partial charge is 0.376 e. The van der Waals surface area contributed by atoms with Crippen LogP contribution in [-0.2, 0) is 27.1 Å². The molecule has 0 saturated heterocycles. The van der Waals surface area contributed by atoms with Crippen LogP contribution in [0.25, 0.3) is 77.0 Å². The van der Waals surface area contributed by atoms with Crippen molar-refractivity contribution in [3.63, 3.8) is 0 Å². The lowest BCUT2D eigenvalue weighted by molar-refractivity contribution is 0.332. The quantitative estimate of drug-likeness (QED) is 0.162. The Morgan fingerprint density at radius 1 is 0.507 bits per heavy atom. The van der Waals surface area contributed by atoms with Gasteiger partial charge in [0.25, 0.3) is 0 Å². The summed E-state index contributed by atoms with van der Waals surface area (Å²) >= 11 is 0. The van der Waals surface area contributed by atoms with E-state index in [9.17, 15) is 0 Å². The highest BCUT2D eigenvalue weighted by molar-refractivity contribution is 6.90. The van der Waals surface area contributed by atoms with Crippen molar-refractivity contribution in [2.24, 2.45) is 0 Å². The van der Waals surface area contributed by atoms with E-state index in [0.717, 1.165) is 74.0 Å². The average Bonchev–Trinajstić information content (AvgIpc) is 3.97. The molecule has 0 unspecified atom stereocenters. The van der Waals surface area contributed by atoms with E-state index in [1.54, 1.807) is 0 Å². The van der Waals surface area contributed by atoms with Crippen LogP contribution >= 0.6 is 0 Å². The predicted octanol–water partition coefficient (Wildman–Crippen LogP) is 16.8. The molecule has 0 N–H and O–H groups in total. The molecule has 4 nitrogen and oxygen atoms in total. The van der Waals surface area contributed by atoms with Crippen molar-refractivity contribution in [3.8, 4) is 22.3 Å². The molecule has 0 atom stereocenters. The van der Waals surface area contributed by atoms with Crippen molar-refractivity contribution in [2.75, 3.05) is 4.90 Å². The summed E-state index contributed by atoms with van der Waals surface area (Å²) in [6.45, 7) is 30.4. The van der Waals surface area contributed by atoms with Gasteiger partial charge in [0.05, 0.1) is 11.4 Å². The van der Waals surface area contributed by atoms with E-state index in [1.807, 2.05) is 0 Å². The molecule has 344 valence electrons. The van der Waals surface area contributed by atoms with Gasteiger partial charge in [-0.2, -0.15) is 0 Å². The van der Waals surface area contributed by atoms with Crippen LogP contribution in [0.2, 0.25) is 0 Å². The third-order valence-corrected chi connectivity index (χ3v) is 16.7. The number of benzene rings is 7. The van der Waals surface area contributed by atoms with E-state index >= 15 is 0 Å². The van der Waals surface area contributed by atoms with E-state index in [-0.39, 0.29) is 33.9 Å². The fourth-order valence-corrected chi connectivity index (χ4v) is 12.5. The average molecular weight is 903 g/mol. The molecular formula is C64H63BN2O2. The summed E-state index contributed by atoms with van der Waals surface area (Å²) in [7, 11) is 0. The number of aromatic nitrogens is 1. The van der Waals surface area contributed by atoms with Crippen molar-refractivity contribution >= 4 is 89.7 Å². The second-order valence-electron chi connectivity index (χ2n) is 25.2. The molecule has 0 amide bonds. The highest BCUT2D eigenvalue weighted by atomic mass is 16.3. The Kier molecular flexibility index (Phi) is 8.44. The van der Waals surface area contributed by atoms with E-state index in [0.29, 0.717) is 0 Å². The maximum atomic E-state index is 7.74. The van der Waals surface area contributed by atoms with E-state index in [2.05, 4.69) is 221 Å². The Labute approximate surface area is 407 Å². The second-order valence-corrected chi connectivity index (χ2v) is 25.2. The summed E-state index contributed by atoms with van der Waals surface area (Å²) in [6, 6.07) is 46.5. The second kappa shape index (κ2) is 13.7. The molecule has 13 rings (SSSR count). The minimum absolute atomic E-state index is 0.00128. The van der Waals surface area contributed by atoms with Gasteiger partial charge in [-0.15, -0.1) is 0 Å². The normalized spacial score (nSPS) is 16.2. The number of fused-ring (bicyclic) bond motifs is 14. The van der Waals surface area contributed by atoms with Gasteiger partial charge in [0, 0.05) is 60.3 Å². The summed E-state index contributed by atoms with van der Waals surface area (Å²) in [5, 5.41) is 5.97. The number of para-hydroxylation sites is 1. The Hall–Kier alpha value is -6.46. The van der Waals surface area contributed by atoms with Gasteiger partial charge in [-0.05, 0) is 139 Å². The maximum Gasteiger partial charge on any atom is 0.376 e. The third-order valence-electron chi connectivity index (χ3n) is 16.7. The largest absolute Gasteiger partial charge is 0.466 e. The third kappa shape index (κ3) is 5.95. The predicted molar refractivity (Wildman–Crippen MR) is 294 cm³/mol. The van der Waals surface area contributed by atoms with Gasteiger partial charge < -0.3 is 18.2 Å². The van der Waals surface area contributed by atoms with Crippen LogP contribution in [0.3, 0.4) is 0 Å². The number of rotatable bonds is 2. The Bertz CT molecular complexity index is 3850. The summed E-state index contributed by atoms with van der Waals surface area (Å²) in [6.07, 6.45) is 2.26. The SMILES string of the molecule is CC(C)(C)c1ccc(N2c3cc4c(oc5ccccc54)c4c3B(c3oc5cc6c(cc5c32)C(C)(C)CCC6(C)C)n2c3ccc(C(C)(C)C)cc3c3cc(C(C)(C)C)cc-4c32)c(-c2ccccc2)c1. The number of furan rings is 2. The van der Waals surface area contributed by atoms with Crippen molar-refractivity contribution in [1.82, 2.24) is 4.48 Å². The highest BCUT2D eigenvalue weighted by Crippen LogP contribution is 2.55. The molecule has 10 aromatic rings. The van der Waals surface area contributed by atoms with Gasteiger partial charge >= 0.3 is 6.85 Å². The van der Waals surface area contributed by atoms with Crippen molar-refractivity contribution in [3.05, 3.63) is 149 Å². The first-order valence-corrected chi connectivity index (χ1v) is 25.3. The standard InChI is InChI=1S/C64H63BN2O2/c1-60(2,3)37-23-25-49(41(29-37)36-19-15-14-16-20-36)66-51-34-44-40-21-17-18-22-52(40)68-58(44)54-46-32-39(62(7,8)9)31-43-42-30-38(61(4,5)6)24-26-50(42)67(56(43)46)65(55(51)54)59-57(66)45-33-47-48(35-53(45)69-59)64(12,13)28-27-63(47,10)11/h14-26,29-35H,27-28H2,1-13H3. The Balaban J connectivity index is 1.27. The lowest BCUT2D eigenvalue weighted by Gasteiger charge is -2.42.